The van der Waals surface area contributed by atoms with Crippen LogP contribution in [0.15, 0.2) is 30.3 Å². The summed E-state index contributed by atoms with van der Waals surface area (Å²) in [5.74, 6) is 0.816. The minimum atomic E-state index is -0.696. The third-order valence-corrected chi connectivity index (χ3v) is 6.03. The maximum Gasteiger partial charge on any atom is 0.254 e. The zero-order valence-corrected chi connectivity index (χ0v) is 20.5. The van der Waals surface area contributed by atoms with Crippen LogP contribution in [0.1, 0.15) is 39.9 Å². The fourth-order valence-electron chi connectivity index (χ4n) is 4.32. The van der Waals surface area contributed by atoms with Gasteiger partial charge < -0.3 is 33.9 Å². The van der Waals surface area contributed by atoms with E-state index in [4.69, 9.17) is 23.7 Å². The third kappa shape index (κ3) is 4.75. The molecule has 0 aromatic heterocycles. The first kappa shape index (κ1) is 25.2. The van der Waals surface area contributed by atoms with Crippen molar-refractivity contribution in [3.8, 4) is 23.0 Å². The molecule has 1 aliphatic heterocycles. The summed E-state index contributed by atoms with van der Waals surface area (Å²) in [7, 11) is 9.44. The van der Waals surface area contributed by atoms with Crippen molar-refractivity contribution in [2.45, 2.75) is 18.4 Å². The summed E-state index contributed by atoms with van der Waals surface area (Å²) < 4.78 is 26.8. The van der Waals surface area contributed by atoms with E-state index >= 15 is 0 Å². The van der Waals surface area contributed by atoms with Gasteiger partial charge >= 0.3 is 0 Å². The van der Waals surface area contributed by atoms with Crippen molar-refractivity contribution in [3.05, 3.63) is 47.0 Å². The summed E-state index contributed by atoms with van der Waals surface area (Å²) in [6, 6.07) is 8.16. The number of benzene rings is 2. The molecule has 1 heterocycles. The van der Waals surface area contributed by atoms with Crippen molar-refractivity contribution in [3.63, 3.8) is 0 Å². The molecule has 0 unspecified atom stereocenters. The van der Waals surface area contributed by atoms with Crippen molar-refractivity contribution in [2.24, 2.45) is 0 Å². The Labute approximate surface area is 199 Å². The van der Waals surface area contributed by atoms with Gasteiger partial charge in [-0.3, -0.25) is 9.59 Å². The fourth-order valence-corrected chi connectivity index (χ4v) is 4.32. The van der Waals surface area contributed by atoms with Crippen LogP contribution in [-0.4, -0.2) is 72.5 Å². The van der Waals surface area contributed by atoms with E-state index < -0.39 is 12.0 Å². The SMILES string of the molecule is COCCCNC(=O)[C@@H]1c2cc(OC)c(OC)cc2C(=O)N(C)[C@@H]1c1ccc(OC)c(OC)c1. The Morgan fingerprint density at radius 2 is 1.53 bits per heavy atom. The molecule has 0 bridgehead atoms. The average Bonchev–Trinajstić information content (AvgIpc) is 2.87. The molecule has 0 saturated heterocycles. The van der Waals surface area contributed by atoms with E-state index in [1.165, 1.54) is 14.2 Å². The van der Waals surface area contributed by atoms with Crippen LogP contribution in [0.4, 0.5) is 0 Å². The Morgan fingerprint density at radius 3 is 2.15 bits per heavy atom. The minimum absolute atomic E-state index is 0.205. The Balaban J connectivity index is 2.15. The van der Waals surface area contributed by atoms with Gasteiger partial charge in [0.15, 0.2) is 23.0 Å². The van der Waals surface area contributed by atoms with Gasteiger partial charge in [0.05, 0.1) is 40.4 Å². The number of hydrogen-bond donors (Lipinski definition) is 1. The van der Waals surface area contributed by atoms with E-state index in [0.29, 0.717) is 53.7 Å². The molecule has 0 aliphatic carbocycles. The number of amides is 2. The van der Waals surface area contributed by atoms with Gasteiger partial charge in [-0.1, -0.05) is 6.07 Å². The summed E-state index contributed by atoms with van der Waals surface area (Å²) in [4.78, 5) is 28.6. The van der Waals surface area contributed by atoms with Crippen molar-refractivity contribution < 1.29 is 33.3 Å². The highest BCUT2D eigenvalue weighted by atomic mass is 16.5. The van der Waals surface area contributed by atoms with Gasteiger partial charge in [0.1, 0.15) is 0 Å². The molecule has 2 atom stereocenters. The highest BCUT2D eigenvalue weighted by Crippen LogP contribution is 2.46. The predicted molar refractivity (Wildman–Crippen MR) is 126 cm³/mol. The Kier molecular flexibility index (Phi) is 8.22. The largest absolute Gasteiger partial charge is 0.493 e. The smallest absolute Gasteiger partial charge is 0.254 e. The van der Waals surface area contributed by atoms with Crippen LogP contribution in [0.2, 0.25) is 0 Å². The van der Waals surface area contributed by atoms with Gasteiger partial charge in [0.2, 0.25) is 5.91 Å². The molecular weight excluding hydrogens is 440 g/mol. The van der Waals surface area contributed by atoms with E-state index in [9.17, 15) is 9.59 Å². The molecule has 0 fully saturated rings. The number of fused-ring (bicyclic) bond motifs is 1. The number of nitrogens with one attached hydrogen (secondary N) is 1. The molecule has 2 aromatic carbocycles. The van der Waals surface area contributed by atoms with Gasteiger partial charge in [-0.2, -0.15) is 0 Å². The standard InChI is InChI=1S/C25H32N2O7/c1-27-23(15-8-9-18(31-3)19(12-15)32-4)22(24(28)26-10-7-11-30-2)16-13-20(33-5)21(34-6)14-17(16)25(27)29/h8-9,12-14,22-23H,7,10-11H2,1-6H3,(H,26,28)/t22-,23-/m1/s1. The van der Waals surface area contributed by atoms with E-state index in [1.807, 2.05) is 6.07 Å². The van der Waals surface area contributed by atoms with E-state index in [-0.39, 0.29) is 11.8 Å². The first-order valence-corrected chi connectivity index (χ1v) is 10.9. The molecule has 0 radical (unpaired) electrons. The van der Waals surface area contributed by atoms with Crippen LogP contribution >= 0.6 is 0 Å². The number of rotatable bonds is 10. The van der Waals surface area contributed by atoms with Crippen LogP contribution in [-0.2, 0) is 9.53 Å². The van der Waals surface area contributed by atoms with Crippen LogP contribution < -0.4 is 24.3 Å². The van der Waals surface area contributed by atoms with Crippen molar-refractivity contribution in [2.75, 3.05) is 55.7 Å². The number of likely N-dealkylation sites (N-methyl/N-ethyl adjacent to an activating group) is 1. The molecule has 1 aliphatic rings. The zero-order chi connectivity index (χ0) is 24.8. The average molecular weight is 473 g/mol. The molecule has 34 heavy (non-hydrogen) atoms. The lowest BCUT2D eigenvalue weighted by Gasteiger charge is -2.40. The fraction of sp³-hybridized carbons (Fsp3) is 0.440. The quantitative estimate of drug-likeness (QED) is 0.531. The zero-order valence-electron chi connectivity index (χ0n) is 20.5. The summed E-state index contributed by atoms with van der Waals surface area (Å²) in [5, 5.41) is 3.00. The van der Waals surface area contributed by atoms with E-state index in [1.54, 1.807) is 57.5 Å². The molecule has 0 saturated carbocycles. The summed E-state index contributed by atoms with van der Waals surface area (Å²) >= 11 is 0. The lowest BCUT2D eigenvalue weighted by Crippen LogP contribution is -2.46. The van der Waals surface area contributed by atoms with Gasteiger partial charge in [0.25, 0.3) is 5.91 Å². The minimum Gasteiger partial charge on any atom is -0.493 e. The van der Waals surface area contributed by atoms with Crippen molar-refractivity contribution in [1.82, 2.24) is 10.2 Å². The number of carbonyl (C=O) groups excluding carboxylic acids is 2. The molecule has 2 aromatic rings. The lowest BCUT2D eigenvalue weighted by molar-refractivity contribution is -0.124. The summed E-state index contributed by atoms with van der Waals surface area (Å²) in [6.07, 6.45) is 0.670. The topological polar surface area (TPSA) is 95.6 Å². The lowest BCUT2D eigenvalue weighted by atomic mass is 9.79. The maximum absolute atomic E-state index is 13.6. The van der Waals surface area contributed by atoms with Crippen LogP contribution in [0.25, 0.3) is 0 Å². The third-order valence-electron chi connectivity index (χ3n) is 6.03. The first-order chi connectivity index (χ1) is 16.4. The van der Waals surface area contributed by atoms with Gasteiger partial charge in [0, 0.05) is 32.9 Å². The predicted octanol–water partition coefficient (Wildman–Crippen LogP) is 2.78. The second kappa shape index (κ2) is 11.1. The summed E-state index contributed by atoms with van der Waals surface area (Å²) in [5.41, 5.74) is 1.71. The maximum atomic E-state index is 13.6. The number of carbonyl (C=O) groups is 2. The second-order valence-electron chi connectivity index (χ2n) is 7.88. The van der Waals surface area contributed by atoms with Gasteiger partial charge in [-0.15, -0.1) is 0 Å². The van der Waals surface area contributed by atoms with E-state index in [2.05, 4.69) is 5.32 Å². The summed E-state index contributed by atoms with van der Waals surface area (Å²) in [6.45, 7) is 0.978. The van der Waals surface area contributed by atoms with Crippen LogP contribution in [0, 0.1) is 0 Å². The monoisotopic (exact) mass is 472 g/mol. The Hall–Kier alpha value is -3.46. The van der Waals surface area contributed by atoms with Crippen molar-refractivity contribution >= 4 is 11.8 Å². The molecule has 1 N–H and O–H groups in total. The van der Waals surface area contributed by atoms with E-state index in [0.717, 1.165) is 5.56 Å². The van der Waals surface area contributed by atoms with Crippen LogP contribution in [0.5, 0.6) is 23.0 Å². The van der Waals surface area contributed by atoms with Crippen molar-refractivity contribution in [1.29, 1.82) is 0 Å². The normalized spacial score (nSPS) is 17.1. The number of nitrogens with zero attached hydrogens (tertiary/aromatic N) is 1. The molecule has 0 spiro atoms. The molecule has 2 amide bonds. The highest BCUT2D eigenvalue weighted by Gasteiger charge is 2.43. The molecule has 184 valence electrons. The number of methoxy groups -OCH3 is 5. The second-order valence-corrected chi connectivity index (χ2v) is 7.88. The number of ether oxygens (including phenoxy) is 5. The number of hydrogen-bond acceptors (Lipinski definition) is 7. The molecule has 3 rings (SSSR count). The first-order valence-electron chi connectivity index (χ1n) is 10.9. The van der Waals surface area contributed by atoms with Gasteiger partial charge in [-0.05, 0) is 41.8 Å². The highest BCUT2D eigenvalue weighted by molar-refractivity contribution is 6.02. The molecule has 9 nitrogen and oxygen atoms in total. The molecule has 9 heteroatoms. The Bertz CT molecular complexity index is 1040. The molecular formula is C25H32N2O7. The van der Waals surface area contributed by atoms with Crippen LogP contribution in [0.3, 0.4) is 0 Å². The Morgan fingerprint density at radius 1 is 0.912 bits per heavy atom. The van der Waals surface area contributed by atoms with Gasteiger partial charge in [-0.25, -0.2) is 0 Å².